The van der Waals surface area contributed by atoms with Crippen molar-refractivity contribution in [3.63, 3.8) is 0 Å². The Kier molecular flexibility index (Phi) is 25.7. The Morgan fingerprint density at radius 1 is 1.33 bits per heavy atom. The van der Waals surface area contributed by atoms with Crippen molar-refractivity contribution < 1.29 is 58.6 Å². The minimum atomic E-state index is -0.167. The summed E-state index contributed by atoms with van der Waals surface area (Å²) in [6.07, 6.45) is -0.167. The molecule has 0 saturated heterocycles. The molecule has 0 saturated carbocycles. The topological polar surface area (TPSA) is 20.2 Å². The Morgan fingerprint density at radius 2 is 1.33 bits per heavy atom. The Morgan fingerprint density at radius 3 is 1.33 bits per heavy atom. The summed E-state index contributed by atoms with van der Waals surface area (Å²) in [5, 5.41) is 8.06. The van der Waals surface area contributed by atoms with E-state index < -0.39 is 0 Å². The second-order valence-corrected chi connectivity index (χ2v) is 1.09. The summed E-state index contributed by atoms with van der Waals surface area (Å²) in [7, 11) is 0. The van der Waals surface area contributed by atoms with Gasteiger partial charge >= 0.3 is 29.6 Å². The number of aliphatic hydroxyl groups excluding tert-OH is 1. The SMILES string of the molecule is CC(C)O.[I-].[Na+]. The maximum Gasteiger partial charge on any atom is 1.00 e. The Hall–Kier alpha value is 1.69. The van der Waals surface area contributed by atoms with E-state index in [4.69, 9.17) is 5.11 Å². The van der Waals surface area contributed by atoms with Crippen molar-refractivity contribution in [1.29, 1.82) is 0 Å². The van der Waals surface area contributed by atoms with Gasteiger partial charge in [0.05, 0.1) is 0 Å². The van der Waals surface area contributed by atoms with E-state index in [0.29, 0.717) is 0 Å². The van der Waals surface area contributed by atoms with Gasteiger partial charge in [-0.05, 0) is 13.8 Å². The van der Waals surface area contributed by atoms with Gasteiger partial charge in [0.15, 0.2) is 0 Å². The van der Waals surface area contributed by atoms with E-state index in [-0.39, 0.29) is 59.6 Å². The van der Waals surface area contributed by atoms with E-state index in [0.717, 1.165) is 0 Å². The number of halogens is 1. The number of hydrogen-bond donors (Lipinski definition) is 1. The zero-order valence-electron chi connectivity index (χ0n) is 4.40. The van der Waals surface area contributed by atoms with Gasteiger partial charge in [0, 0.05) is 6.10 Å². The standard InChI is InChI=1S/C3H8O.HI.Na/c1-3(2)4;;/h3-4H,1-2H3;1H;/q;;+1/p-1. The van der Waals surface area contributed by atoms with Gasteiger partial charge in [-0.25, -0.2) is 0 Å². The van der Waals surface area contributed by atoms with Gasteiger partial charge in [-0.1, -0.05) is 0 Å². The first-order valence-corrected chi connectivity index (χ1v) is 1.41. The molecule has 0 radical (unpaired) electrons. The predicted octanol–water partition coefficient (Wildman–Crippen LogP) is -5.60. The van der Waals surface area contributed by atoms with Crippen LogP contribution < -0.4 is 53.5 Å². The van der Waals surface area contributed by atoms with Crippen LogP contribution in [-0.2, 0) is 0 Å². The van der Waals surface area contributed by atoms with Gasteiger partial charge in [-0.2, -0.15) is 0 Å². The maximum absolute atomic E-state index is 8.06. The van der Waals surface area contributed by atoms with Gasteiger partial charge in [0.2, 0.25) is 0 Å². The molecule has 0 atom stereocenters. The van der Waals surface area contributed by atoms with Gasteiger partial charge < -0.3 is 29.1 Å². The molecule has 6 heavy (non-hydrogen) atoms. The van der Waals surface area contributed by atoms with Crippen LogP contribution in [0.2, 0.25) is 0 Å². The molecular weight excluding hydrogens is 202 g/mol. The average molecular weight is 210 g/mol. The minimum absolute atomic E-state index is 0. The monoisotopic (exact) mass is 210 g/mol. The van der Waals surface area contributed by atoms with Crippen molar-refractivity contribution >= 4 is 0 Å². The van der Waals surface area contributed by atoms with E-state index in [2.05, 4.69) is 0 Å². The van der Waals surface area contributed by atoms with Crippen LogP contribution in [0.25, 0.3) is 0 Å². The molecule has 0 aliphatic rings. The van der Waals surface area contributed by atoms with E-state index in [1.54, 1.807) is 13.8 Å². The summed E-state index contributed by atoms with van der Waals surface area (Å²) in [5.74, 6) is 0. The summed E-state index contributed by atoms with van der Waals surface area (Å²) in [6.45, 7) is 3.44. The Balaban J connectivity index is -0.0000000450. The van der Waals surface area contributed by atoms with Crippen molar-refractivity contribution in [3.05, 3.63) is 0 Å². The van der Waals surface area contributed by atoms with E-state index >= 15 is 0 Å². The smallest absolute Gasteiger partial charge is 1.00 e. The molecule has 0 aromatic heterocycles. The van der Waals surface area contributed by atoms with Gasteiger partial charge in [0.25, 0.3) is 0 Å². The summed E-state index contributed by atoms with van der Waals surface area (Å²) >= 11 is 0. The molecule has 0 rings (SSSR count). The average Bonchev–Trinajstić information content (AvgIpc) is 0.811. The third-order valence-corrected chi connectivity index (χ3v) is 0. The Bertz CT molecular complexity index is 15.5. The fourth-order valence-electron chi connectivity index (χ4n) is 0. The summed E-state index contributed by atoms with van der Waals surface area (Å²) in [6, 6.07) is 0. The van der Waals surface area contributed by atoms with E-state index in [1.165, 1.54) is 0 Å². The quantitative estimate of drug-likeness (QED) is 0.312. The first-order valence-electron chi connectivity index (χ1n) is 1.41. The summed E-state index contributed by atoms with van der Waals surface area (Å²) < 4.78 is 0. The molecule has 34 valence electrons. The molecule has 1 nitrogen and oxygen atoms in total. The fourth-order valence-corrected chi connectivity index (χ4v) is 0. The second-order valence-electron chi connectivity index (χ2n) is 1.09. The zero-order chi connectivity index (χ0) is 3.58. The molecule has 0 aromatic rings. The molecule has 1 N–H and O–H groups in total. The largest absolute Gasteiger partial charge is 1.00 e. The van der Waals surface area contributed by atoms with Crippen LogP contribution >= 0.6 is 0 Å². The van der Waals surface area contributed by atoms with E-state index in [9.17, 15) is 0 Å². The molecule has 0 aliphatic heterocycles. The molecule has 0 bridgehead atoms. The van der Waals surface area contributed by atoms with Gasteiger partial charge in [-0.15, -0.1) is 0 Å². The van der Waals surface area contributed by atoms with E-state index in [1.807, 2.05) is 0 Å². The third kappa shape index (κ3) is 43.8. The van der Waals surface area contributed by atoms with Crippen molar-refractivity contribution in [2.75, 3.05) is 0 Å². The normalized spacial score (nSPS) is 6.00. The first kappa shape index (κ1) is 15.6. The minimum Gasteiger partial charge on any atom is -1.00 e. The van der Waals surface area contributed by atoms with Gasteiger partial charge in [-0.3, -0.25) is 0 Å². The molecule has 3 heteroatoms. The predicted molar refractivity (Wildman–Crippen MR) is 17.4 cm³/mol. The van der Waals surface area contributed by atoms with Crippen LogP contribution in [0.1, 0.15) is 13.8 Å². The van der Waals surface area contributed by atoms with Gasteiger partial charge in [0.1, 0.15) is 0 Å². The van der Waals surface area contributed by atoms with Crippen molar-refractivity contribution in [1.82, 2.24) is 0 Å². The van der Waals surface area contributed by atoms with Crippen LogP contribution in [0.4, 0.5) is 0 Å². The number of rotatable bonds is 0. The molecular formula is C3H8INaO. The van der Waals surface area contributed by atoms with Crippen molar-refractivity contribution in [2.45, 2.75) is 20.0 Å². The summed E-state index contributed by atoms with van der Waals surface area (Å²) in [4.78, 5) is 0. The van der Waals surface area contributed by atoms with Crippen LogP contribution in [0.5, 0.6) is 0 Å². The van der Waals surface area contributed by atoms with Crippen molar-refractivity contribution in [2.24, 2.45) is 0 Å². The van der Waals surface area contributed by atoms with Crippen LogP contribution in [0.15, 0.2) is 0 Å². The molecule has 0 heterocycles. The van der Waals surface area contributed by atoms with Crippen LogP contribution in [0, 0.1) is 0 Å². The molecule has 0 aromatic carbocycles. The zero-order valence-corrected chi connectivity index (χ0v) is 8.56. The summed E-state index contributed by atoms with van der Waals surface area (Å²) in [5.41, 5.74) is 0. The Labute approximate surface area is 77.8 Å². The first-order chi connectivity index (χ1) is 1.73. The number of hydrogen-bond acceptors (Lipinski definition) is 1. The molecule has 0 aliphatic carbocycles. The second kappa shape index (κ2) is 9.85. The molecule has 0 amide bonds. The third-order valence-electron chi connectivity index (χ3n) is 0. The maximum atomic E-state index is 8.06. The van der Waals surface area contributed by atoms with Crippen LogP contribution in [0.3, 0.4) is 0 Å². The fraction of sp³-hybridized carbons (Fsp3) is 1.00. The van der Waals surface area contributed by atoms with Crippen LogP contribution in [-0.4, -0.2) is 11.2 Å². The molecule has 0 spiro atoms. The molecule has 0 fully saturated rings. The molecule has 0 unspecified atom stereocenters. The van der Waals surface area contributed by atoms with Crippen molar-refractivity contribution in [3.8, 4) is 0 Å². The number of aliphatic hydroxyl groups is 1.